The molecule has 0 atom stereocenters. The first-order chi connectivity index (χ1) is 13.0. The number of anilines is 1. The molecule has 0 radical (unpaired) electrons. The van der Waals surface area contributed by atoms with Crippen LogP contribution in [0.3, 0.4) is 0 Å². The molecule has 1 N–H and O–H groups in total. The van der Waals surface area contributed by atoms with E-state index >= 15 is 0 Å². The summed E-state index contributed by atoms with van der Waals surface area (Å²) in [6.07, 6.45) is 0. The van der Waals surface area contributed by atoms with Gasteiger partial charge in [-0.05, 0) is 47.3 Å². The maximum Gasteiger partial charge on any atom is 0.292 e. The minimum absolute atomic E-state index is 0.148. The van der Waals surface area contributed by atoms with E-state index in [0.29, 0.717) is 11.1 Å². The molecule has 134 valence electrons. The highest BCUT2D eigenvalue weighted by Crippen LogP contribution is 2.33. The van der Waals surface area contributed by atoms with Crippen molar-refractivity contribution in [2.45, 2.75) is 0 Å². The van der Waals surface area contributed by atoms with Gasteiger partial charge in [-0.1, -0.05) is 11.3 Å². The lowest BCUT2D eigenvalue weighted by Gasteiger charge is -2.08. The number of aryl methyl sites for hydroxylation is 1. The molecule has 27 heavy (non-hydrogen) atoms. The van der Waals surface area contributed by atoms with Crippen LogP contribution in [0.25, 0.3) is 21.5 Å². The zero-order valence-electron chi connectivity index (χ0n) is 14.1. The molecule has 0 bridgehead atoms. The second-order valence-corrected chi connectivity index (χ2v) is 6.78. The van der Waals surface area contributed by atoms with Gasteiger partial charge >= 0.3 is 0 Å². The fourth-order valence-electron chi connectivity index (χ4n) is 2.77. The van der Waals surface area contributed by atoms with Gasteiger partial charge in [-0.25, -0.2) is 4.68 Å². The van der Waals surface area contributed by atoms with Gasteiger partial charge in [0.25, 0.3) is 11.6 Å². The first-order valence-corrected chi connectivity index (χ1v) is 8.84. The average Bonchev–Trinajstić information content (AvgIpc) is 3.31. The van der Waals surface area contributed by atoms with E-state index in [1.807, 2.05) is 17.5 Å². The van der Waals surface area contributed by atoms with Gasteiger partial charge in [0.2, 0.25) is 0 Å². The molecule has 4 aromatic rings. The number of thiophene rings is 1. The molecule has 2 aromatic carbocycles. The zero-order chi connectivity index (χ0) is 19.0. The third-order valence-electron chi connectivity index (χ3n) is 4.12. The maximum atomic E-state index is 12.7. The third-order valence-corrected chi connectivity index (χ3v) is 5.04. The normalized spacial score (nSPS) is 10.9. The summed E-state index contributed by atoms with van der Waals surface area (Å²) in [6.45, 7) is 0. The molecule has 0 saturated heterocycles. The number of nitrogens with zero attached hydrogens (tertiary/aromatic N) is 4. The van der Waals surface area contributed by atoms with Gasteiger partial charge in [0, 0.05) is 23.6 Å². The lowest BCUT2D eigenvalue weighted by molar-refractivity contribution is -0.383. The van der Waals surface area contributed by atoms with Gasteiger partial charge < -0.3 is 5.32 Å². The summed E-state index contributed by atoms with van der Waals surface area (Å²) < 4.78 is 1.60. The molecule has 0 saturated carbocycles. The second-order valence-electron chi connectivity index (χ2n) is 5.84. The number of nitrogens with one attached hydrogen (secondary N) is 1. The number of nitro benzene ring substituents is 1. The highest BCUT2D eigenvalue weighted by Gasteiger charge is 2.18. The number of hydrogen-bond acceptors (Lipinski definition) is 6. The Bertz CT molecular complexity index is 1170. The van der Waals surface area contributed by atoms with E-state index in [-0.39, 0.29) is 11.4 Å². The molecule has 8 nitrogen and oxygen atoms in total. The second kappa shape index (κ2) is 6.61. The Morgan fingerprint density at radius 1 is 1.22 bits per heavy atom. The van der Waals surface area contributed by atoms with Crippen molar-refractivity contribution < 1.29 is 9.72 Å². The SMILES string of the molecule is Cn1nnc2cc(C(=O)Nc3cc(-c4cccs4)ccc3[N+](=O)[O-])ccc21. The van der Waals surface area contributed by atoms with Crippen molar-refractivity contribution in [3.8, 4) is 10.4 Å². The van der Waals surface area contributed by atoms with E-state index in [4.69, 9.17) is 0 Å². The fraction of sp³-hybridized carbons (Fsp3) is 0.0556. The van der Waals surface area contributed by atoms with E-state index in [2.05, 4.69) is 15.6 Å². The first-order valence-electron chi connectivity index (χ1n) is 7.96. The van der Waals surface area contributed by atoms with Crippen LogP contribution in [0.5, 0.6) is 0 Å². The van der Waals surface area contributed by atoms with Crippen molar-refractivity contribution in [2.24, 2.45) is 7.05 Å². The number of aromatic nitrogens is 3. The molecule has 0 aliphatic carbocycles. The topological polar surface area (TPSA) is 103 Å². The van der Waals surface area contributed by atoms with Gasteiger partial charge in [0.15, 0.2) is 0 Å². The van der Waals surface area contributed by atoms with Gasteiger partial charge in [-0.15, -0.1) is 16.4 Å². The Morgan fingerprint density at radius 3 is 2.81 bits per heavy atom. The first kappa shape index (κ1) is 16.9. The number of carbonyl (C=O) groups is 1. The minimum atomic E-state index is -0.514. The van der Waals surface area contributed by atoms with Crippen LogP contribution in [0.1, 0.15) is 10.4 Å². The number of fused-ring (bicyclic) bond motifs is 1. The van der Waals surface area contributed by atoms with Gasteiger partial charge in [-0.3, -0.25) is 14.9 Å². The van der Waals surface area contributed by atoms with Crippen molar-refractivity contribution in [2.75, 3.05) is 5.32 Å². The van der Waals surface area contributed by atoms with Crippen molar-refractivity contribution >= 4 is 39.7 Å². The molecule has 4 rings (SSSR count). The molecule has 0 spiro atoms. The van der Waals surface area contributed by atoms with Crippen molar-refractivity contribution in [1.29, 1.82) is 0 Å². The van der Waals surface area contributed by atoms with Crippen LogP contribution < -0.4 is 5.32 Å². The molecular weight excluding hydrogens is 366 g/mol. The summed E-state index contributed by atoms with van der Waals surface area (Å²) in [4.78, 5) is 24.4. The molecule has 9 heteroatoms. The van der Waals surface area contributed by atoms with E-state index in [1.165, 1.54) is 17.4 Å². The molecule has 2 heterocycles. The smallest absolute Gasteiger partial charge is 0.292 e. The van der Waals surface area contributed by atoms with Crippen LogP contribution in [0.4, 0.5) is 11.4 Å². The minimum Gasteiger partial charge on any atom is -0.316 e. The average molecular weight is 379 g/mol. The summed E-state index contributed by atoms with van der Waals surface area (Å²) >= 11 is 1.52. The predicted molar refractivity (Wildman–Crippen MR) is 103 cm³/mol. The number of hydrogen-bond donors (Lipinski definition) is 1. The van der Waals surface area contributed by atoms with Crippen LogP contribution in [-0.4, -0.2) is 25.8 Å². The van der Waals surface area contributed by atoms with Crippen LogP contribution in [0.2, 0.25) is 0 Å². The summed E-state index contributed by atoms with van der Waals surface area (Å²) in [6, 6.07) is 13.5. The number of amides is 1. The lowest BCUT2D eigenvalue weighted by atomic mass is 10.1. The summed E-state index contributed by atoms with van der Waals surface area (Å²) in [7, 11) is 1.76. The Hall–Kier alpha value is -3.59. The zero-order valence-corrected chi connectivity index (χ0v) is 14.9. The van der Waals surface area contributed by atoms with Crippen molar-refractivity contribution in [3.05, 3.63) is 69.6 Å². The van der Waals surface area contributed by atoms with Gasteiger partial charge in [0.1, 0.15) is 11.2 Å². The Labute approximate surface area is 157 Å². The largest absolute Gasteiger partial charge is 0.316 e. The van der Waals surface area contributed by atoms with Crippen LogP contribution in [0, 0.1) is 10.1 Å². The number of benzene rings is 2. The van der Waals surface area contributed by atoms with Crippen LogP contribution in [-0.2, 0) is 7.05 Å². The monoisotopic (exact) mass is 379 g/mol. The fourth-order valence-corrected chi connectivity index (χ4v) is 3.49. The van der Waals surface area contributed by atoms with E-state index in [9.17, 15) is 14.9 Å². The van der Waals surface area contributed by atoms with E-state index in [0.717, 1.165) is 16.0 Å². The Morgan fingerprint density at radius 2 is 2.07 bits per heavy atom. The predicted octanol–water partition coefficient (Wildman–Crippen LogP) is 3.86. The molecule has 0 aliphatic heterocycles. The van der Waals surface area contributed by atoms with E-state index < -0.39 is 10.8 Å². The Balaban J connectivity index is 1.69. The standard InChI is InChI=1S/C18H13N5O3S/c1-22-15-6-5-12(10-14(15)20-21-22)18(24)19-13-9-11(17-3-2-8-27-17)4-7-16(13)23(25)26/h2-10H,1H3,(H,19,24). The third kappa shape index (κ3) is 3.15. The summed E-state index contributed by atoms with van der Waals surface area (Å²) in [5, 5.41) is 23.8. The number of carbonyl (C=O) groups excluding carboxylic acids is 1. The number of rotatable bonds is 4. The van der Waals surface area contributed by atoms with Crippen molar-refractivity contribution in [3.63, 3.8) is 0 Å². The summed E-state index contributed by atoms with van der Waals surface area (Å²) in [5.74, 6) is -0.450. The van der Waals surface area contributed by atoms with Gasteiger partial charge in [-0.2, -0.15) is 0 Å². The maximum absolute atomic E-state index is 12.7. The highest BCUT2D eigenvalue weighted by molar-refractivity contribution is 7.13. The number of nitro groups is 1. The van der Waals surface area contributed by atoms with Crippen molar-refractivity contribution in [1.82, 2.24) is 15.0 Å². The Kier molecular flexibility index (Phi) is 4.13. The van der Waals surface area contributed by atoms with Crippen LogP contribution >= 0.6 is 11.3 Å². The summed E-state index contributed by atoms with van der Waals surface area (Å²) in [5.41, 5.74) is 2.50. The molecule has 0 aliphatic rings. The molecule has 1 amide bonds. The van der Waals surface area contributed by atoms with E-state index in [1.54, 1.807) is 42.1 Å². The molecule has 0 fully saturated rings. The van der Waals surface area contributed by atoms with Crippen LogP contribution in [0.15, 0.2) is 53.9 Å². The van der Waals surface area contributed by atoms with Gasteiger partial charge in [0.05, 0.1) is 10.4 Å². The molecule has 0 unspecified atom stereocenters. The highest BCUT2D eigenvalue weighted by atomic mass is 32.1. The quantitative estimate of drug-likeness (QED) is 0.428. The molecular formula is C18H13N5O3S. The molecule has 2 aromatic heterocycles. The lowest BCUT2D eigenvalue weighted by Crippen LogP contribution is -2.13.